The van der Waals surface area contributed by atoms with Gasteiger partial charge in [0.05, 0.1) is 7.11 Å². The zero-order valence-electron chi connectivity index (χ0n) is 12.8. The lowest BCUT2D eigenvalue weighted by Crippen LogP contribution is -2.24. The third kappa shape index (κ3) is 6.05. The van der Waals surface area contributed by atoms with Gasteiger partial charge in [-0.05, 0) is 35.9 Å². The molecule has 0 fully saturated rings. The molecule has 118 valence electrons. The molecule has 0 atom stereocenters. The van der Waals surface area contributed by atoms with E-state index in [4.69, 9.17) is 9.47 Å². The summed E-state index contributed by atoms with van der Waals surface area (Å²) in [6, 6.07) is 16.8. The van der Waals surface area contributed by atoms with Crippen molar-refractivity contribution in [2.24, 2.45) is 5.10 Å². The monoisotopic (exact) mass is 310 g/mol. The second-order valence-electron chi connectivity index (χ2n) is 4.55. The molecule has 0 saturated heterocycles. The Morgan fingerprint density at radius 1 is 1.09 bits per heavy atom. The minimum absolute atomic E-state index is 0.105. The second-order valence-corrected chi connectivity index (χ2v) is 4.55. The summed E-state index contributed by atoms with van der Waals surface area (Å²) in [5.41, 5.74) is 3.45. The van der Waals surface area contributed by atoms with Crippen LogP contribution in [0.1, 0.15) is 5.56 Å². The number of methoxy groups -OCH3 is 1. The summed E-state index contributed by atoms with van der Waals surface area (Å²) in [7, 11) is 1.59. The Morgan fingerprint density at radius 3 is 2.48 bits per heavy atom. The van der Waals surface area contributed by atoms with Crippen LogP contribution in [0, 0.1) is 0 Å². The van der Waals surface area contributed by atoms with E-state index >= 15 is 0 Å². The molecule has 1 N–H and O–H groups in total. The van der Waals surface area contributed by atoms with Gasteiger partial charge in [-0.25, -0.2) is 5.43 Å². The van der Waals surface area contributed by atoms with Gasteiger partial charge in [-0.2, -0.15) is 5.10 Å². The number of hydrogen-bond donors (Lipinski definition) is 1. The highest BCUT2D eigenvalue weighted by molar-refractivity contribution is 5.81. The molecule has 2 aromatic carbocycles. The van der Waals surface area contributed by atoms with Crippen LogP contribution in [0.4, 0.5) is 0 Å². The van der Waals surface area contributed by atoms with Gasteiger partial charge in [-0.15, -0.1) is 0 Å². The summed E-state index contributed by atoms with van der Waals surface area (Å²) in [5, 5.41) is 3.81. The number of ether oxygens (including phenoxy) is 2. The predicted octanol–water partition coefficient (Wildman–Crippen LogP) is 2.89. The topological polar surface area (TPSA) is 59.9 Å². The van der Waals surface area contributed by atoms with Gasteiger partial charge < -0.3 is 9.47 Å². The average molecular weight is 310 g/mol. The third-order valence-electron chi connectivity index (χ3n) is 2.87. The van der Waals surface area contributed by atoms with Gasteiger partial charge >= 0.3 is 0 Å². The highest BCUT2D eigenvalue weighted by Gasteiger charge is 2.01. The number of rotatable bonds is 7. The molecule has 0 spiro atoms. The molecule has 0 heterocycles. The van der Waals surface area contributed by atoms with Gasteiger partial charge in [-0.1, -0.05) is 36.4 Å². The first-order valence-electron chi connectivity index (χ1n) is 7.08. The second kappa shape index (κ2) is 9.04. The van der Waals surface area contributed by atoms with Crippen LogP contribution in [-0.2, 0) is 4.79 Å². The van der Waals surface area contributed by atoms with Crippen LogP contribution in [0.5, 0.6) is 11.5 Å². The Bertz CT molecular complexity index is 664. The number of nitrogens with zero attached hydrogens (tertiary/aromatic N) is 1. The first-order valence-corrected chi connectivity index (χ1v) is 7.08. The minimum atomic E-state index is -0.329. The van der Waals surface area contributed by atoms with Crippen molar-refractivity contribution >= 4 is 18.2 Å². The van der Waals surface area contributed by atoms with Gasteiger partial charge in [0, 0.05) is 6.21 Å². The van der Waals surface area contributed by atoms with Crippen molar-refractivity contribution in [2.45, 2.75) is 0 Å². The highest BCUT2D eigenvalue weighted by Crippen LogP contribution is 2.16. The smallest absolute Gasteiger partial charge is 0.277 e. The van der Waals surface area contributed by atoms with E-state index in [1.54, 1.807) is 37.5 Å². The molecular formula is C18H18N2O3. The normalized spacial score (nSPS) is 10.8. The summed E-state index contributed by atoms with van der Waals surface area (Å²) in [5.74, 6) is 0.996. The van der Waals surface area contributed by atoms with E-state index in [0.29, 0.717) is 5.75 Å². The Balaban J connectivity index is 1.70. The molecule has 0 bridgehead atoms. The summed E-state index contributed by atoms with van der Waals surface area (Å²) < 4.78 is 10.4. The fourth-order valence-corrected chi connectivity index (χ4v) is 1.72. The molecule has 0 aliphatic carbocycles. The summed E-state index contributed by atoms with van der Waals surface area (Å²) in [6.45, 7) is -0.105. The molecule has 0 aromatic heterocycles. The van der Waals surface area contributed by atoms with Crippen LogP contribution in [0.25, 0.3) is 6.08 Å². The molecular weight excluding hydrogens is 292 g/mol. The molecule has 5 heteroatoms. The van der Waals surface area contributed by atoms with E-state index in [1.165, 1.54) is 6.21 Å². The Morgan fingerprint density at radius 2 is 1.78 bits per heavy atom. The van der Waals surface area contributed by atoms with Crippen LogP contribution in [0.15, 0.2) is 65.8 Å². The zero-order valence-corrected chi connectivity index (χ0v) is 12.8. The Labute approximate surface area is 135 Å². The van der Waals surface area contributed by atoms with Crippen LogP contribution in [-0.4, -0.2) is 25.8 Å². The molecule has 23 heavy (non-hydrogen) atoms. The molecule has 0 aliphatic rings. The van der Waals surface area contributed by atoms with E-state index in [0.717, 1.165) is 11.3 Å². The molecule has 5 nitrogen and oxygen atoms in total. The van der Waals surface area contributed by atoms with E-state index in [2.05, 4.69) is 10.5 Å². The van der Waals surface area contributed by atoms with E-state index in [1.807, 2.05) is 36.4 Å². The summed E-state index contributed by atoms with van der Waals surface area (Å²) >= 11 is 0. The fourth-order valence-electron chi connectivity index (χ4n) is 1.72. The summed E-state index contributed by atoms with van der Waals surface area (Å²) in [6.07, 6.45) is 5.15. The van der Waals surface area contributed by atoms with Gasteiger partial charge in [0.25, 0.3) is 5.91 Å². The lowest BCUT2D eigenvalue weighted by Gasteiger charge is -2.05. The largest absolute Gasteiger partial charge is 0.497 e. The maximum Gasteiger partial charge on any atom is 0.277 e. The van der Waals surface area contributed by atoms with Crippen LogP contribution in [0.2, 0.25) is 0 Å². The first kappa shape index (κ1) is 16.3. The Kier molecular flexibility index (Phi) is 6.41. The van der Waals surface area contributed by atoms with Crippen molar-refractivity contribution in [3.63, 3.8) is 0 Å². The standard InChI is InChI=1S/C18H18N2O3/c1-22-16-9-11-17(12-10-16)23-14-18(21)20-19-13-5-8-15-6-3-2-4-7-15/h2-13H,14H2,1H3,(H,20,21)/b8-5+,19-13?. The molecule has 2 aromatic rings. The lowest BCUT2D eigenvalue weighted by molar-refractivity contribution is -0.123. The maximum absolute atomic E-state index is 11.6. The number of carbonyl (C=O) groups excluding carboxylic acids is 1. The number of hydrazone groups is 1. The van der Waals surface area contributed by atoms with Crippen molar-refractivity contribution in [2.75, 3.05) is 13.7 Å². The van der Waals surface area contributed by atoms with E-state index < -0.39 is 0 Å². The first-order chi connectivity index (χ1) is 11.3. The Hall–Kier alpha value is -3.08. The quantitative estimate of drug-likeness (QED) is 0.632. The van der Waals surface area contributed by atoms with E-state index in [-0.39, 0.29) is 12.5 Å². The van der Waals surface area contributed by atoms with Gasteiger partial charge in [-0.3, -0.25) is 4.79 Å². The number of allylic oxidation sites excluding steroid dienone is 1. The van der Waals surface area contributed by atoms with Crippen LogP contribution >= 0.6 is 0 Å². The van der Waals surface area contributed by atoms with E-state index in [9.17, 15) is 4.79 Å². The summed E-state index contributed by atoms with van der Waals surface area (Å²) in [4.78, 5) is 11.6. The predicted molar refractivity (Wildman–Crippen MR) is 90.6 cm³/mol. The van der Waals surface area contributed by atoms with Gasteiger partial charge in [0.15, 0.2) is 6.61 Å². The van der Waals surface area contributed by atoms with Crippen molar-refractivity contribution in [3.8, 4) is 11.5 Å². The van der Waals surface area contributed by atoms with Crippen molar-refractivity contribution in [3.05, 3.63) is 66.2 Å². The fraction of sp³-hybridized carbons (Fsp3) is 0.111. The van der Waals surface area contributed by atoms with Crippen molar-refractivity contribution in [1.82, 2.24) is 5.43 Å². The van der Waals surface area contributed by atoms with Gasteiger partial charge in [0.2, 0.25) is 0 Å². The zero-order chi connectivity index (χ0) is 16.3. The molecule has 0 aliphatic heterocycles. The maximum atomic E-state index is 11.6. The number of hydrogen-bond acceptors (Lipinski definition) is 4. The molecule has 1 amide bonds. The molecule has 2 rings (SSSR count). The molecule has 0 radical (unpaired) electrons. The minimum Gasteiger partial charge on any atom is -0.497 e. The number of carbonyl (C=O) groups is 1. The SMILES string of the molecule is COc1ccc(OCC(=O)NN=C/C=C/c2ccccc2)cc1. The van der Waals surface area contributed by atoms with Crippen LogP contribution < -0.4 is 14.9 Å². The third-order valence-corrected chi connectivity index (χ3v) is 2.87. The number of benzene rings is 2. The van der Waals surface area contributed by atoms with Crippen molar-refractivity contribution in [1.29, 1.82) is 0 Å². The van der Waals surface area contributed by atoms with Crippen molar-refractivity contribution < 1.29 is 14.3 Å². The highest BCUT2D eigenvalue weighted by atomic mass is 16.5. The van der Waals surface area contributed by atoms with Gasteiger partial charge in [0.1, 0.15) is 11.5 Å². The number of amides is 1. The molecule has 0 saturated carbocycles. The van der Waals surface area contributed by atoms with Crippen LogP contribution in [0.3, 0.4) is 0 Å². The average Bonchev–Trinajstić information content (AvgIpc) is 2.61. The number of nitrogens with one attached hydrogen (secondary N) is 1. The lowest BCUT2D eigenvalue weighted by atomic mass is 10.2. The molecule has 0 unspecified atom stereocenters.